The topological polar surface area (TPSA) is 198 Å². The molecule has 0 amide bonds. The Morgan fingerprint density at radius 3 is 0.400 bits per heavy atom. The fourth-order valence-electron chi connectivity index (χ4n) is 5.95. The van der Waals surface area contributed by atoms with E-state index in [1.807, 2.05) is 0 Å². The maximum atomic E-state index is 5.92. The van der Waals surface area contributed by atoms with E-state index >= 15 is 0 Å². The maximum absolute atomic E-state index is 5.92. The van der Waals surface area contributed by atoms with Crippen LogP contribution in [0.4, 0.5) is 0 Å². The van der Waals surface area contributed by atoms with Crippen LogP contribution in [0.15, 0.2) is 0 Å². The zero-order valence-electron chi connectivity index (χ0n) is 29.6. The predicted molar refractivity (Wildman–Crippen MR) is 196 cm³/mol. The number of nitrogens with two attached hydrogens (primary N) is 7. The fourth-order valence-corrected chi connectivity index (χ4v) is 5.95. The highest BCUT2D eigenvalue weighted by Gasteiger charge is 2.12. The van der Waals surface area contributed by atoms with Gasteiger partial charge in [-0.3, -0.25) is 0 Å². The molecule has 0 aliphatic heterocycles. The average molecular weight is 645 g/mol. The normalized spacial score (nSPS) is 12.3. The van der Waals surface area contributed by atoms with Crippen molar-refractivity contribution in [1.82, 2.24) is 24.5 Å². The highest BCUT2D eigenvalue weighted by Crippen LogP contribution is 2.05. The van der Waals surface area contributed by atoms with E-state index in [1.165, 1.54) is 25.7 Å². The Morgan fingerprint density at radius 2 is 0.289 bits per heavy atom. The first-order valence-corrected chi connectivity index (χ1v) is 18.6. The highest BCUT2D eigenvalue weighted by molar-refractivity contribution is 4.69. The minimum absolute atomic E-state index is 0.747. The Kier molecular flexibility index (Phi) is 34.5. The molecule has 14 N–H and O–H groups in total. The van der Waals surface area contributed by atoms with Crippen molar-refractivity contribution in [2.24, 2.45) is 40.1 Å². The molecular formula is C33H80N12. The van der Waals surface area contributed by atoms with Crippen LogP contribution in [0.5, 0.6) is 0 Å². The van der Waals surface area contributed by atoms with Crippen molar-refractivity contribution < 1.29 is 0 Å². The van der Waals surface area contributed by atoms with Crippen LogP contribution in [0.1, 0.15) is 70.6 Å². The van der Waals surface area contributed by atoms with E-state index in [-0.39, 0.29) is 0 Å². The number of rotatable bonds is 37. The standard InChI is InChI=1S/C33H80N12/c34-12-1-19-41(20-2-13-35)26-8-28-43(23-5-16-38)30-10-32-45(25-7-18-40)33-11-31-44(24-6-17-39)29-9-27-42(21-3-14-36)22-4-15-37/h1-40H2. The van der Waals surface area contributed by atoms with Crippen molar-refractivity contribution in [1.29, 1.82) is 0 Å². The van der Waals surface area contributed by atoms with Crippen LogP contribution in [0.2, 0.25) is 0 Å². The second-order valence-electron chi connectivity index (χ2n) is 12.6. The minimum atomic E-state index is 0.747. The molecule has 0 aromatic heterocycles. The van der Waals surface area contributed by atoms with Crippen LogP contribution >= 0.6 is 0 Å². The van der Waals surface area contributed by atoms with Crippen LogP contribution in [-0.2, 0) is 0 Å². The Balaban J connectivity index is 4.79. The lowest BCUT2D eigenvalue weighted by Crippen LogP contribution is -2.37. The fraction of sp³-hybridized carbons (Fsp3) is 1.00. The molecule has 272 valence electrons. The summed E-state index contributed by atoms with van der Waals surface area (Å²) in [6.45, 7) is 21.7. The van der Waals surface area contributed by atoms with Gasteiger partial charge in [-0.2, -0.15) is 0 Å². The number of hydrogen-bond acceptors (Lipinski definition) is 12. The van der Waals surface area contributed by atoms with E-state index in [9.17, 15) is 0 Å². The molecule has 0 aliphatic carbocycles. The summed E-state index contributed by atoms with van der Waals surface area (Å²) in [6, 6.07) is 0. The molecule has 0 saturated heterocycles. The summed E-state index contributed by atoms with van der Waals surface area (Å²) in [5.41, 5.74) is 40.8. The molecule has 0 saturated carbocycles. The van der Waals surface area contributed by atoms with Crippen molar-refractivity contribution in [2.45, 2.75) is 70.6 Å². The summed E-state index contributed by atoms with van der Waals surface area (Å²) in [7, 11) is 0. The number of hydrogen-bond donors (Lipinski definition) is 7. The molecule has 0 unspecified atom stereocenters. The molecular weight excluding hydrogens is 564 g/mol. The third-order valence-corrected chi connectivity index (χ3v) is 8.54. The van der Waals surface area contributed by atoms with Gasteiger partial charge in [0.05, 0.1) is 0 Å². The quantitative estimate of drug-likeness (QED) is 0.0458. The van der Waals surface area contributed by atoms with Gasteiger partial charge >= 0.3 is 0 Å². The average Bonchev–Trinajstić information content (AvgIpc) is 3.05. The van der Waals surface area contributed by atoms with Crippen molar-refractivity contribution in [3.05, 3.63) is 0 Å². The van der Waals surface area contributed by atoms with Crippen LogP contribution in [0.25, 0.3) is 0 Å². The van der Waals surface area contributed by atoms with Gasteiger partial charge < -0.3 is 64.6 Å². The van der Waals surface area contributed by atoms with E-state index in [4.69, 9.17) is 40.1 Å². The molecule has 0 aliphatic rings. The third kappa shape index (κ3) is 28.3. The van der Waals surface area contributed by atoms with Gasteiger partial charge in [-0.15, -0.1) is 0 Å². The summed E-state index contributed by atoms with van der Waals surface area (Å²) >= 11 is 0. The van der Waals surface area contributed by atoms with Gasteiger partial charge in [-0.25, -0.2) is 0 Å². The Labute approximate surface area is 279 Å². The summed E-state index contributed by atoms with van der Waals surface area (Å²) in [5, 5.41) is 0. The molecule has 12 heteroatoms. The third-order valence-electron chi connectivity index (χ3n) is 8.54. The lowest BCUT2D eigenvalue weighted by Gasteiger charge is -2.29. The zero-order chi connectivity index (χ0) is 33.2. The van der Waals surface area contributed by atoms with Crippen molar-refractivity contribution in [3.8, 4) is 0 Å². The van der Waals surface area contributed by atoms with Crippen LogP contribution in [-0.4, -0.2) is 168 Å². The molecule has 0 aromatic carbocycles. The smallest absolute Gasteiger partial charge is 0.000653 e. The lowest BCUT2D eigenvalue weighted by molar-refractivity contribution is 0.192. The molecule has 0 radical (unpaired) electrons. The number of nitrogens with zero attached hydrogens (tertiary/aromatic N) is 5. The molecule has 0 fully saturated rings. The summed E-state index contributed by atoms with van der Waals surface area (Å²) < 4.78 is 0. The Bertz CT molecular complexity index is 514. The van der Waals surface area contributed by atoms with Crippen molar-refractivity contribution in [3.63, 3.8) is 0 Å². The predicted octanol–water partition coefficient (Wildman–Crippen LogP) is -0.502. The minimum Gasteiger partial charge on any atom is -0.330 e. The van der Waals surface area contributed by atoms with Gasteiger partial charge in [-0.1, -0.05) is 0 Å². The first-order valence-electron chi connectivity index (χ1n) is 18.6. The van der Waals surface area contributed by atoms with Gasteiger partial charge in [0.1, 0.15) is 0 Å². The maximum Gasteiger partial charge on any atom is -0.000653 e. The first-order chi connectivity index (χ1) is 22.1. The first kappa shape index (κ1) is 44.5. The summed E-state index contributed by atoms with van der Waals surface area (Å²) in [5.74, 6) is 0. The summed E-state index contributed by atoms with van der Waals surface area (Å²) in [4.78, 5) is 12.9. The van der Waals surface area contributed by atoms with E-state index in [1.54, 1.807) is 0 Å². The molecule has 0 rings (SSSR count). The van der Waals surface area contributed by atoms with E-state index in [2.05, 4.69) is 24.5 Å². The largest absolute Gasteiger partial charge is 0.330 e. The van der Waals surface area contributed by atoms with E-state index in [0.717, 1.165) is 189 Å². The molecule has 0 bridgehead atoms. The van der Waals surface area contributed by atoms with Crippen molar-refractivity contribution in [2.75, 3.05) is 144 Å². The monoisotopic (exact) mass is 645 g/mol. The molecule has 0 atom stereocenters. The Morgan fingerprint density at radius 1 is 0.178 bits per heavy atom. The van der Waals surface area contributed by atoms with Crippen LogP contribution in [0, 0.1) is 0 Å². The van der Waals surface area contributed by atoms with Gasteiger partial charge in [0.25, 0.3) is 0 Å². The van der Waals surface area contributed by atoms with Gasteiger partial charge in [-0.05, 0) is 215 Å². The van der Waals surface area contributed by atoms with E-state index in [0.29, 0.717) is 0 Å². The van der Waals surface area contributed by atoms with Gasteiger partial charge in [0.2, 0.25) is 0 Å². The lowest BCUT2D eigenvalue weighted by atomic mass is 10.2. The summed E-state index contributed by atoms with van der Waals surface area (Å²) in [6.07, 6.45) is 12.1. The van der Waals surface area contributed by atoms with Crippen molar-refractivity contribution >= 4 is 0 Å². The van der Waals surface area contributed by atoms with E-state index < -0.39 is 0 Å². The van der Waals surface area contributed by atoms with Crippen LogP contribution in [0.3, 0.4) is 0 Å². The van der Waals surface area contributed by atoms with Crippen LogP contribution < -0.4 is 40.1 Å². The van der Waals surface area contributed by atoms with Gasteiger partial charge in [0, 0.05) is 0 Å². The highest BCUT2D eigenvalue weighted by atomic mass is 15.2. The SMILES string of the molecule is NCCCN(CCCN)CCCN(CCCN)CCCN(CCCN)CCCN(CCCN)CCCN(CCCN)CCCN. The molecule has 0 heterocycles. The molecule has 0 aromatic rings. The molecule has 0 spiro atoms. The van der Waals surface area contributed by atoms with Gasteiger partial charge in [0.15, 0.2) is 0 Å². The zero-order valence-corrected chi connectivity index (χ0v) is 29.6. The molecule has 45 heavy (non-hydrogen) atoms. The Hall–Kier alpha value is -0.480. The second kappa shape index (κ2) is 34.8. The molecule has 12 nitrogen and oxygen atoms in total. The second-order valence-corrected chi connectivity index (χ2v) is 12.6.